The third-order valence-electron chi connectivity index (χ3n) is 6.25. The maximum Gasteiger partial charge on any atom is 0.183 e. The van der Waals surface area contributed by atoms with Crippen LogP contribution in [0.5, 0.6) is 0 Å². The predicted octanol–water partition coefficient (Wildman–Crippen LogP) is 5.17. The van der Waals surface area contributed by atoms with Crippen molar-refractivity contribution in [3.8, 4) is 22.5 Å². The smallest absolute Gasteiger partial charge is 0.183 e. The van der Waals surface area contributed by atoms with Crippen molar-refractivity contribution in [2.24, 2.45) is 0 Å². The van der Waals surface area contributed by atoms with Crippen LogP contribution >= 0.6 is 15.9 Å². The highest BCUT2D eigenvalue weighted by Crippen LogP contribution is 2.39. The number of fused-ring (bicyclic) bond motifs is 4. The molecule has 0 unspecified atom stereocenters. The molecule has 6 rings (SSSR count). The lowest BCUT2D eigenvalue weighted by molar-refractivity contribution is 0.653. The van der Waals surface area contributed by atoms with Crippen molar-refractivity contribution in [2.75, 3.05) is 0 Å². The van der Waals surface area contributed by atoms with Gasteiger partial charge in [-0.2, -0.15) is 5.10 Å². The van der Waals surface area contributed by atoms with Crippen molar-refractivity contribution in [3.05, 3.63) is 58.2 Å². The Morgan fingerprint density at radius 2 is 1.88 bits per heavy atom. The van der Waals surface area contributed by atoms with E-state index in [0.29, 0.717) is 5.82 Å². The molecule has 0 radical (unpaired) electrons. The van der Waals surface area contributed by atoms with Crippen LogP contribution in [0.25, 0.3) is 39.2 Å². The predicted molar refractivity (Wildman–Crippen MR) is 127 cm³/mol. The van der Waals surface area contributed by atoms with Gasteiger partial charge in [-0.3, -0.25) is 4.68 Å². The first-order valence-corrected chi connectivity index (χ1v) is 11.8. The summed E-state index contributed by atoms with van der Waals surface area (Å²) in [5, 5.41) is 10.4. The Bertz CT molecular complexity index is 1500. The van der Waals surface area contributed by atoms with Crippen LogP contribution in [0.4, 0.5) is 0 Å². The minimum Gasteiger partial charge on any atom is -0.272 e. The first-order chi connectivity index (χ1) is 15.6. The van der Waals surface area contributed by atoms with Gasteiger partial charge in [-0.1, -0.05) is 28.1 Å². The third kappa shape index (κ3) is 2.97. The lowest BCUT2D eigenvalue weighted by atomic mass is 9.87. The monoisotopic (exact) mass is 487 g/mol. The van der Waals surface area contributed by atoms with Crippen LogP contribution in [-0.2, 0) is 19.4 Å². The van der Waals surface area contributed by atoms with Crippen molar-refractivity contribution >= 4 is 32.6 Å². The zero-order valence-corrected chi connectivity index (χ0v) is 19.6. The van der Waals surface area contributed by atoms with Gasteiger partial charge in [0.15, 0.2) is 17.1 Å². The highest BCUT2D eigenvalue weighted by molar-refractivity contribution is 9.10. The number of hydrogen-bond acceptors (Lipinski definition) is 5. The fraction of sp³-hybridized carbons (Fsp3) is 0.292. The normalized spacial score (nSPS) is 13.7. The lowest BCUT2D eigenvalue weighted by Gasteiger charge is -2.20. The number of hydrogen-bond donors (Lipinski definition) is 0. The van der Waals surface area contributed by atoms with Gasteiger partial charge in [-0.05, 0) is 57.2 Å². The molecule has 0 aliphatic heterocycles. The largest absolute Gasteiger partial charge is 0.272 e. The van der Waals surface area contributed by atoms with E-state index in [0.717, 1.165) is 69.5 Å². The van der Waals surface area contributed by atoms with Crippen LogP contribution in [-0.4, -0.2) is 34.3 Å². The summed E-state index contributed by atoms with van der Waals surface area (Å²) in [5.41, 5.74) is 8.24. The van der Waals surface area contributed by atoms with E-state index in [1.807, 2.05) is 28.9 Å². The number of rotatable bonds is 3. The Morgan fingerprint density at radius 3 is 2.69 bits per heavy atom. The molecule has 0 N–H and O–H groups in total. The van der Waals surface area contributed by atoms with Gasteiger partial charge in [-0.15, -0.1) is 5.10 Å². The summed E-state index contributed by atoms with van der Waals surface area (Å²) in [6.07, 6.45) is 8.20. The van der Waals surface area contributed by atoms with E-state index in [-0.39, 0.29) is 0 Å². The molecule has 1 aromatic carbocycles. The summed E-state index contributed by atoms with van der Waals surface area (Å²) in [6, 6.07) is 8.00. The minimum atomic E-state index is 0.663. The fourth-order valence-electron chi connectivity index (χ4n) is 4.70. The van der Waals surface area contributed by atoms with Crippen molar-refractivity contribution < 1.29 is 0 Å². The summed E-state index contributed by atoms with van der Waals surface area (Å²) < 4.78 is 4.73. The summed E-state index contributed by atoms with van der Waals surface area (Å²) >= 11 is 3.63. The van der Waals surface area contributed by atoms with Crippen LogP contribution in [0, 0.1) is 6.92 Å². The third-order valence-corrected chi connectivity index (χ3v) is 6.95. The van der Waals surface area contributed by atoms with E-state index in [1.165, 1.54) is 17.5 Å². The van der Waals surface area contributed by atoms with E-state index >= 15 is 0 Å². The van der Waals surface area contributed by atoms with Gasteiger partial charge < -0.3 is 0 Å². The van der Waals surface area contributed by atoms with E-state index in [2.05, 4.69) is 36.0 Å². The van der Waals surface area contributed by atoms with E-state index in [9.17, 15) is 0 Å². The Kier molecular flexibility index (Phi) is 4.57. The van der Waals surface area contributed by atoms with Crippen molar-refractivity contribution in [2.45, 2.75) is 46.1 Å². The van der Waals surface area contributed by atoms with E-state index < -0.39 is 0 Å². The average molecular weight is 488 g/mol. The Hall–Kier alpha value is -3.13. The Labute approximate surface area is 193 Å². The molecule has 0 saturated carbocycles. The molecule has 0 saturated heterocycles. The first kappa shape index (κ1) is 19.5. The van der Waals surface area contributed by atoms with Crippen molar-refractivity contribution in [1.82, 2.24) is 34.3 Å². The van der Waals surface area contributed by atoms with Gasteiger partial charge in [-0.25, -0.2) is 19.5 Å². The molecule has 4 aromatic heterocycles. The molecule has 1 aliphatic rings. The topological polar surface area (TPSA) is 73.8 Å². The number of halogens is 1. The molecule has 8 heteroatoms. The fourth-order valence-corrected chi connectivity index (χ4v) is 5.16. The molecular formula is C24H22BrN7. The lowest BCUT2D eigenvalue weighted by Crippen LogP contribution is -2.10. The molecule has 0 fully saturated rings. The zero-order valence-electron chi connectivity index (χ0n) is 18.0. The SMILES string of the molecule is CCn1cc(-c2c3c(nc4ncn5nc(-c6ccccc6Br)nc5c24)CCCC3)c(C)n1. The second kappa shape index (κ2) is 7.48. The average Bonchev–Trinajstić information content (AvgIpc) is 3.41. The van der Waals surface area contributed by atoms with Crippen LogP contribution < -0.4 is 0 Å². The second-order valence-corrected chi connectivity index (χ2v) is 9.08. The molecule has 32 heavy (non-hydrogen) atoms. The number of nitrogens with zero attached hydrogens (tertiary/aromatic N) is 7. The maximum atomic E-state index is 4.98. The summed E-state index contributed by atoms with van der Waals surface area (Å²) in [6.45, 7) is 5.02. The quantitative estimate of drug-likeness (QED) is 0.350. The molecule has 160 valence electrons. The summed E-state index contributed by atoms with van der Waals surface area (Å²) in [4.78, 5) is 14.7. The highest BCUT2D eigenvalue weighted by Gasteiger charge is 2.25. The van der Waals surface area contributed by atoms with Crippen LogP contribution in [0.1, 0.15) is 36.7 Å². The summed E-state index contributed by atoms with van der Waals surface area (Å²) in [5.74, 6) is 0.663. The molecule has 0 bridgehead atoms. The molecule has 1 aliphatic carbocycles. The van der Waals surface area contributed by atoms with Gasteiger partial charge in [0.05, 0.1) is 11.1 Å². The number of aryl methyl sites for hydroxylation is 3. The molecule has 0 spiro atoms. The van der Waals surface area contributed by atoms with Crippen LogP contribution in [0.3, 0.4) is 0 Å². The molecule has 0 atom stereocenters. The van der Waals surface area contributed by atoms with E-state index in [1.54, 1.807) is 10.8 Å². The number of pyridine rings is 1. The molecule has 4 heterocycles. The second-order valence-electron chi connectivity index (χ2n) is 8.23. The first-order valence-electron chi connectivity index (χ1n) is 11.0. The van der Waals surface area contributed by atoms with Crippen LogP contribution in [0.15, 0.2) is 41.3 Å². The van der Waals surface area contributed by atoms with Gasteiger partial charge in [0.2, 0.25) is 0 Å². The number of benzene rings is 1. The standard InChI is InChI=1S/C24H22BrN7/c1-3-31-12-17(14(2)29-31)20-16-9-5-7-11-19(16)27-23-21(20)24-28-22(30-32(24)13-26-23)15-8-4-6-10-18(15)25/h4,6,8,10,12-13H,3,5,7,9,11H2,1-2H3. The number of aromatic nitrogens is 7. The van der Waals surface area contributed by atoms with Gasteiger partial charge in [0.1, 0.15) is 6.33 Å². The molecule has 7 nitrogen and oxygen atoms in total. The zero-order chi connectivity index (χ0) is 21.8. The van der Waals surface area contributed by atoms with E-state index in [4.69, 9.17) is 25.1 Å². The highest BCUT2D eigenvalue weighted by atomic mass is 79.9. The van der Waals surface area contributed by atoms with Gasteiger partial charge in [0.25, 0.3) is 0 Å². The van der Waals surface area contributed by atoms with Crippen molar-refractivity contribution in [1.29, 1.82) is 0 Å². The van der Waals surface area contributed by atoms with Gasteiger partial charge >= 0.3 is 0 Å². The van der Waals surface area contributed by atoms with Crippen LogP contribution in [0.2, 0.25) is 0 Å². The molecule has 5 aromatic rings. The maximum absolute atomic E-state index is 4.98. The summed E-state index contributed by atoms with van der Waals surface area (Å²) in [7, 11) is 0. The minimum absolute atomic E-state index is 0.663. The molecule has 0 amide bonds. The van der Waals surface area contributed by atoms with Gasteiger partial charge in [0, 0.05) is 39.6 Å². The Morgan fingerprint density at radius 1 is 1.03 bits per heavy atom. The molecular weight excluding hydrogens is 466 g/mol. The Balaban J connectivity index is 1.72. The van der Waals surface area contributed by atoms with Crippen molar-refractivity contribution in [3.63, 3.8) is 0 Å².